The van der Waals surface area contributed by atoms with Crippen molar-refractivity contribution in [1.29, 1.82) is 0 Å². The van der Waals surface area contributed by atoms with E-state index in [1.807, 2.05) is 13.8 Å². The first-order valence-electron chi connectivity index (χ1n) is 13.6. The molecule has 2 fully saturated rings. The number of hydrogen-bond donors (Lipinski definition) is 4. The van der Waals surface area contributed by atoms with Crippen LogP contribution in [0.4, 0.5) is 19.3 Å². The smallest absolute Gasteiger partial charge is 0.411 e. The highest BCUT2D eigenvalue weighted by atomic mass is 19.1. The summed E-state index contributed by atoms with van der Waals surface area (Å²) in [6, 6.07) is 9.94. The average Bonchev–Trinajstić information content (AvgIpc) is 2.91. The number of hydrogen-bond acceptors (Lipinski definition) is 6. The second-order valence-electron chi connectivity index (χ2n) is 11.5. The molecule has 2 saturated carbocycles. The summed E-state index contributed by atoms with van der Waals surface area (Å²) < 4.78 is 38.0. The maximum absolute atomic E-state index is 13.5. The minimum atomic E-state index is -0.793. The molecule has 0 unspecified atom stereocenters. The van der Waals surface area contributed by atoms with E-state index in [1.165, 1.54) is 0 Å². The number of methoxy groups -OCH3 is 1. The number of halogens is 2. The highest BCUT2D eigenvalue weighted by Gasteiger charge is 2.60. The zero-order chi connectivity index (χ0) is 29.1. The molecule has 0 bridgehead atoms. The molecule has 2 aromatic carbocycles. The molecule has 6 atom stereocenters. The van der Waals surface area contributed by atoms with Crippen molar-refractivity contribution in [3.8, 4) is 5.75 Å². The van der Waals surface area contributed by atoms with Crippen LogP contribution in [0, 0.1) is 34.3 Å². The Kier molecular flexibility index (Phi) is 8.99. The number of aliphatic hydroxyl groups is 2. The monoisotopic (exact) mass is 560 g/mol. The van der Waals surface area contributed by atoms with Gasteiger partial charge in [-0.25, -0.2) is 13.6 Å². The van der Waals surface area contributed by atoms with E-state index in [1.54, 1.807) is 31.4 Å². The van der Waals surface area contributed by atoms with Gasteiger partial charge in [0.1, 0.15) is 23.5 Å². The SMILES string of the molecule is COc1ccc(NC(=O)O[C@@H]2CC[C@]3(C)[C@@H](CC[C@@H](O)[C@H]3CC(=O)NCc3cc(F)cc(F)c3)[C@]2(C)CO)cc1. The van der Waals surface area contributed by atoms with E-state index in [-0.39, 0.29) is 31.4 Å². The van der Waals surface area contributed by atoms with Crippen LogP contribution in [0.2, 0.25) is 0 Å². The number of rotatable bonds is 8. The van der Waals surface area contributed by atoms with Crippen LogP contribution in [0.3, 0.4) is 0 Å². The molecular formula is C30H38F2N2O6. The Morgan fingerprint density at radius 3 is 2.35 bits per heavy atom. The molecule has 4 rings (SSSR count). The summed E-state index contributed by atoms with van der Waals surface area (Å²) in [6.45, 7) is 3.66. The Bertz CT molecular complexity index is 1190. The summed E-state index contributed by atoms with van der Waals surface area (Å²) in [5, 5.41) is 27.0. The molecule has 218 valence electrons. The predicted octanol–water partition coefficient (Wildman–Crippen LogP) is 4.78. The van der Waals surface area contributed by atoms with Gasteiger partial charge >= 0.3 is 6.09 Å². The van der Waals surface area contributed by atoms with Crippen molar-refractivity contribution >= 4 is 17.7 Å². The molecule has 8 nitrogen and oxygen atoms in total. The maximum atomic E-state index is 13.5. The van der Waals surface area contributed by atoms with E-state index in [9.17, 15) is 28.6 Å². The lowest BCUT2D eigenvalue weighted by Gasteiger charge is -2.60. The van der Waals surface area contributed by atoms with Crippen molar-refractivity contribution in [1.82, 2.24) is 5.32 Å². The summed E-state index contributed by atoms with van der Waals surface area (Å²) in [6.07, 6.45) is 0.184. The van der Waals surface area contributed by atoms with Crippen molar-refractivity contribution in [3.05, 3.63) is 59.7 Å². The number of anilines is 1. The number of fused-ring (bicyclic) bond motifs is 1. The second-order valence-corrected chi connectivity index (χ2v) is 11.5. The molecule has 2 aliphatic carbocycles. The first kappa shape index (κ1) is 29.7. The molecule has 40 heavy (non-hydrogen) atoms. The zero-order valence-electron chi connectivity index (χ0n) is 23.1. The Hall–Kier alpha value is -3.24. The van der Waals surface area contributed by atoms with Crippen LogP contribution in [0.1, 0.15) is 51.5 Å². The van der Waals surface area contributed by atoms with Gasteiger partial charge in [-0.15, -0.1) is 0 Å². The molecule has 0 radical (unpaired) electrons. The van der Waals surface area contributed by atoms with Crippen LogP contribution in [0.15, 0.2) is 42.5 Å². The van der Waals surface area contributed by atoms with Gasteiger partial charge in [-0.3, -0.25) is 10.1 Å². The lowest BCUT2D eigenvalue weighted by atomic mass is 9.46. The third kappa shape index (κ3) is 6.23. The fourth-order valence-electron chi connectivity index (χ4n) is 6.92. The van der Waals surface area contributed by atoms with Crippen LogP contribution in [0.25, 0.3) is 0 Å². The van der Waals surface area contributed by atoms with E-state index < -0.39 is 46.7 Å². The third-order valence-electron chi connectivity index (χ3n) is 9.08. The number of carbonyl (C=O) groups excluding carboxylic acids is 2. The van der Waals surface area contributed by atoms with E-state index >= 15 is 0 Å². The third-order valence-corrected chi connectivity index (χ3v) is 9.08. The molecule has 2 aromatic rings. The lowest BCUT2D eigenvalue weighted by Crippen LogP contribution is -2.61. The molecular weight excluding hydrogens is 522 g/mol. The van der Waals surface area contributed by atoms with Crippen LogP contribution >= 0.6 is 0 Å². The molecule has 2 aliphatic rings. The zero-order valence-corrected chi connectivity index (χ0v) is 23.1. The Morgan fingerprint density at radius 2 is 1.73 bits per heavy atom. The van der Waals surface area contributed by atoms with E-state index in [0.29, 0.717) is 42.7 Å². The molecule has 0 aliphatic heterocycles. The largest absolute Gasteiger partial charge is 0.497 e. The highest BCUT2D eigenvalue weighted by Crippen LogP contribution is 2.61. The normalized spacial score (nSPS) is 29.7. The highest BCUT2D eigenvalue weighted by molar-refractivity contribution is 5.84. The minimum absolute atomic E-state index is 0.0248. The fraction of sp³-hybridized carbons (Fsp3) is 0.533. The number of ether oxygens (including phenoxy) is 2. The van der Waals surface area contributed by atoms with Gasteiger partial charge in [-0.05, 0) is 84.9 Å². The number of amides is 2. The molecule has 0 aromatic heterocycles. The van der Waals surface area contributed by atoms with Gasteiger partial charge in [-0.1, -0.05) is 13.8 Å². The van der Waals surface area contributed by atoms with Crippen LogP contribution in [-0.2, 0) is 16.1 Å². The molecule has 0 spiro atoms. The van der Waals surface area contributed by atoms with Gasteiger partial charge in [0, 0.05) is 30.1 Å². The summed E-state index contributed by atoms with van der Waals surface area (Å²) >= 11 is 0. The van der Waals surface area contributed by atoms with Crippen molar-refractivity contribution in [3.63, 3.8) is 0 Å². The molecule has 2 amide bonds. The Balaban J connectivity index is 1.44. The number of carbonyl (C=O) groups is 2. The maximum Gasteiger partial charge on any atom is 0.411 e. The summed E-state index contributed by atoms with van der Waals surface area (Å²) in [5.41, 5.74) is -0.454. The van der Waals surface area contributed by atoms with Gasteiger partial charge < -0.3 is 25.0 Å². The van der Waals surface area contributed by atoms with Gasteiger partial charge in [0.25, 0.3) is 0 Å². The fourth-order valence-corrected chi connectivity index (χ4v) is 6.92. The average molecular weight is 561 g/mol. The van der Waals surface area contributed by atoms with Gasteiger partial charge in [0.2, 0.25) is 5.91 Å². The Labute approximate surface area is 233 Å². The van der Waals surface area contributed by atoms with Gasteiger partial charge in [0.15, 0.2) is 0 Å². The Morgan fingerprint density at radius 1 is 1.05 bits per heavy atom. The van der Waals surface area contributed by atoms with Crippen molar-refractivity contribution < 1.29 is 38.1 Å². The van der Waals surface area contributed by atoms with Gasteiger partial charge in [-0.2, -0.15) is 0 Å². The molecule has 10 heteroatoms. The number of aliphatic hydroxyl groups excluding tert-OH is 2. The lowest BCUT2D eigenvalue weighted by molar-refractivity contribution is -0.185. The van der Waals surface area contributed by atoms with Crippen molar-refractivity contribution in [2.45, 2.75) is 64.7 Å². The second kappa shape index (κ2) is 12.1. The van der Waals surface area contributed by atoms with Crippen LogP contribution in [-0.4, -0.2) is 48.1 Å². The van der Waals surface area contributed by atoms with Crippen LogP contribution < -0.4 is 15.4 Å². The predicted molar refractivity (Wildman–Crippen MR) is 144 cm³/mol. The number of nitrogens with one attached hydrogen (secondary N) is 2. The first-order chi connectivity index (χ1) is 19.0. The molecule has 0 saturated heterocycles. The van der Waals surface area contributed by atoms with E-state index in [4.69, 9.17) is 9.47 Å². The molecule has 0 heterocycles. The summed E-state index contributed by atoms with van der Waals surface area (Å²) in [7, 11) is 1.56. The summed E-state index contributed by atoms with van der Waals surface area (Å²) in [5.74, 6) is -1.65. The van der Waals surface area contributed by atoms with Gasteiger partial charge in [0.05, 0.1) is 19.8 Å². The van der Waals surface area contributed by atoms with E-state index in [2.05, 4.69) is 10.6 Å². The van der Waals surface area contributed by atoms with Crippen molar-refractivity contribution in [2.24, 2.45) is 22.7 Å². The van der Waals surface area contributed by atoms with E-state index in [0.717, 1.165) is 18.2 Å². The minimum Gasteiger partial charge on any atom is -0.497 e. The standard InChI is InChI=1S/C30H38F2N2O6/c1-29-11-10-26(40-28(38)34-21-4-6-22(39-3)7-5-21)30(2,17-35)25(29)9-8-24(36)23(29)15-27(37)33-16-18-12-19(31)14-20(32)13-18/h4-7,12-14,23-26,35-36H,8-11,15-17H2,1-3H3,(H,33,37)(H,34,38)/t23-,24-,25-,26-,29+,30+/m1/s1. The quantitative estimate of drug-likeness (QED) is 0.369. The molecule has 4 N–H and O–H groups in total. The van der Waals surface area contributed by atoms with Crippen molar-refractivity contribution in [2.75, 3.05) is 19.0 Å². The van der Waals surface area contributed by atoms with Crippen LogP contribution in [0.5, 0.6) is 5.75 Å². The summed E-state index contributed by atoms with van der Waals surface area (Å²) in [4.78, 5) is 25.7. The topological polar surface area (TPSA) is 117 Å². The number of benzene rings is 2. The first-order valence-corrected chi connectivity index (χ1v) is 13.6.